The molecular weight excluding hydrogens is 294 g/mol. The Hall–Kier alpha value is -2.27. The average molecular weight is 309 g/mol. The van der Waals surface area contributed by atoms with Gasteiger partial charge in [-0.25, -0.2) is 4.98 Å². The number of nitrogen functional groups attached to an aromatic ring is 1. The first kappa shape index (κ1) is 14.7. The Bertz CT molecular complexity index is 784. The van der Waals surface area contributed by atoms with Crippen molar-refractivity contribution in [1.82, 2.24) is 19.5 Å². The summed E-state index contributed by atoms with van der Waals surface area (Å²) < 4.78 is 6.76. The van der Waals surface area contributed by atoms with E-state index in [0.29, 0.717) is 0 Å². The molecule has 22 heavy (non-hydrogen) atoms. The molecule has 118 valence electrons. The summed E-state index contributed by atoms with van der Waals surface area (Å²) >= 11 is 0. The summed E-state index contributed by atoms with van der Waals surface area (Å²) in [6, 6.07) is 0. The van der Waals surface area contributed by atoms with Crippen molar-refractivity contribution in [3.63, 3.8) is 0 Å². The average Bonchev–Trinajstić information content (AvgIpc) is 2.98. The molecule has 0 radical (unpaired) electrons. The molecule has 2 aromatic heterocycles. The number of aromatic nitrogens is 4. The molecule has 4 unspecified atom stereocenters. The van der Waals surface area contributed by atoms with Gasteiger partial charge in [-0.05, 0) is 6.08 Å². The number of nitrogens with one attached hydrogen (secondary N) is 1. The van der Waals surface area contributed by atoms with Crippen LogP contribution in [0, 0.1) is 0 Å². The van der Waals surface area contributed by atoms with E-state index in [9.17, 15) is 15.0 Å². The Morgan fingerprint density at radius 3 is 2.73 bits per heavy atom. The molecule has 10 heteroatoms. The molecule has 1 saturated heterocycles. The lowest BCUT2D eigenvalue weighted by Crippen LogP contribution is -2.33. The topological polar surface area (TPSA) is 160 Å². The molecule has 4 atom stereocenters. The third kappa shape index (κ3) is 2.01. The minimum atomic E-state index is -1.34. The quantitative estimate of drug-likeness (QED) is 0.433. The third-order valence-electron chi connectivity index (χ3n) is 3.55. The van der Waals surface area contributed by atoms with Crippen LogP contribution >= 0.6 is 0 Å². The summed E-state index contributed by atoms with van der Waals surface area (Å²) in [4.78, 5) is 22.3. The highest BCUT2D eigenvalue weighted by Gasteiger charge is 2.44. The molecule has 0 aromatic carbocycles. The number of nitrogens with zero attached hydrogens (tertiary/aromatic N) is 3. The number of anilines is 1. The summed E-state index contributed by atoms with van der Waals surface area (Å²) in [7, 11) is 0. The summed E-state index contributed by atoms with van der Waals surface area (Å²) in [5, 5.41) is 29.2. The van der Waals surface area contributed by atoms with Crippen LogP contribution in [0.25, 0.3) is 17.2 Å². The third-order valence-corrected chi connectivity index (χ3v) is 3.55. The number of H-pyrrole nitrogens is 1. The van der Waals surface area contributed by atoms with E-state index < -0.39 is 36.7 Å². The highest BCUT2D eigenvalue weighted by Crippen LogP contribution is 2.32. The molecule has 0 bridgehead atoms. The van der Waals surface area contributed by atoms with Gasteiger partial charge in [0.05, 0.1) is 6.61 Å². The first-order valence-corrected chi connectivity index (χ1v) is 6.50. The van der Waals surface area contributed by atoms with E-state index in [-0.39, 0.29) is 22.9 Å². The smallest absolute Gasteiger partial charge is 0.280 e. The van der Waals surface area contributed by atoms with Gasteiger partial charge in [0.1, 0.15) is 24.1 Å². The van der Waals surface area contributed by atoms with Gasteiger partial charge in [-0.2, -0.15) is 4.98 Å². The number of aromatic amines is 1. The van der Waals surface area contributed by atoms with Crippen LogP contribution in [-0.2, 0) is 4.74 Å². The monoisotopic (exact) mass is 309 g/mol. The number of rotatable bonds is 3. The molecule has 6 N–H and O–H groups in total. The van der Waals surface area contributed by atoms with Gasteiger partial charge in [-0.1, -0.05) is 6.58 Å². The summed E-state index contributed by atoms with van der Waals surface area (Å²) in [6.45, 7) is 3.12. The SMILES string of the molecule is C=Cc1nc2c(=O)[nH]c(N)nc2n1C1OC(CO)C(O)C1O. The van der Waals surface area contributed by atoms with Crippen molar-refractivity contribution < 1.29 is 20.1 Å². The molecule has 0 spiro atoms. The first-order chi connectivity index (χ1) is 10.5. The predicted octanol–water partition coefficient (Wildman–Crippen LogP) is -2.04. The lowest BCUT2D eigenvalue weighted by Gasteiger charge is -2.18. The van der Waals surface area contributed by atoms with Crippen molar-refractivity contribution in [1.29, 1.82) is 0 Å². The Labute approximate surface area is 123 Å². The normalized spacial score (nSPS) is 28.3. The highest BCUT2D eigenvalue weighted by atomic mass is 16.6. The Balaban J connectivity index is 2.22. The number of aliphatic hydroxyl groups is 3. The van der Waals surface area contributed by atoms with Crippen LogP contribution in [0.15, 0.2) is 11.4 Å². The fourth-order valence-corrected chi connectivity index (χ4v) is 2.51. The maximum atomic E-state index is 11.9. The van der Waals surface area contributed by atoms with Crippen molar-refractivity contribution in [3.8, 4) is 0 Å². The van der Waals surface area contributed by atoms with Crippen LogP contribution in [0.3, 0.4) is 0 Å². The molecule has 1 aliphatic heterocycles. The van der Waals surface area contributed by atoms with Gasteiger partial charge in [0.2, 0.25) is 5.95 Å². The number of imidazole rings is 1. The molecule has 0 amide bonds. The van der Waals surface area contributed by atoms with Crippen molar-refractivity contribution in [2.24, 2.45) is 0 Å². The Morgan fingerprint density at radius 1 is 1.41 bits per heavy atom. The molecule has 0 saturated carbocycles. The second-order valence-corrected chi connectivity index (χ2v) is 4.90. The number of hydrogen-bond acceptors (Lipinski definition) is 8. The standard InChI is InChI=1S/C12H15N5O5/c1-2-5-14-6-9(15-12(13)16-10(6)21)17(5)11-8(20)7(19)4(3-18)22-11/h2,4,7-8,11,18-20H,1,3H2,(H3,13,15,16,21). The second kappa shape index (κ2) is 5.18. The minimum Gasteiger partial charge on any atom is -0.394 e. The summed E-state index contributed by atoms with van der Waals surface area (Å²) in [6.07, 6.45) is -3.32. The van der Waals surface area contributed by atoms with Crippen LogP contribution in [0.4, 0.5) is 5.95 Å². The zero-order valence-corrected chi connectivity index (χ0v) is 11.4. The van der Waals surface area contributed by atoms with E-state index >= 15 is 0 Å². The van der Waals surface area contributed by atoms with Crippen LogP contribution < -0.4 is 11.3 Å². The van der Waals surface area contributed by atoms with E-state index in [0.717, 1.165) is 0 Å². The Kier molecular flexibility index (Phi) is 3.45. The van der Waals surface area contributed by atoms with Gasteiger partial charge in [-0.3, -0.25) is 14.3 Å². The maximum absolute atomic E-state index is 11.9. The van der Waals surface area contributed by atoms with Gasteiger partial charge in [0.15, 0.2) is 17.4 Å². The Morgan fingerprint density at radius 2 is 2.14 bits per heavy atom. The van der Waals surface area contributed by atoms with E-state index in [1.165, 1.54) is 10.6 Å². The second-order valence-electron chi connectivity index (χ2n) is 4.90. The fourth-order valence-electron chi connectivity index (χ4n) is 2.51. The maximum Gasteiger partial charge on any atom is 0.280 e. The zero-order chi connectivity index (χ0) is 16.0. The van der Waals surface area contributed by atoms with Crippen LogP contribution in [0.5, 0.6) is 0 Å². The van der Waals surface area contributed by atoms with Crippen molar-refractivity contribution in [2.45, 2.75) is 24.5 Å². The number of fused-ring (bicyclic) bond motifs is 1. The lowest BCUT2D eigenvalue weighted by molar-refractivity contribution is -0.0513. The fraction of sp³-hybridized carbons (Fsp3) is 0.417. The van der Waals surface area contributed by atoms with Gasteiger partial charge in [0, 0.05) is 0 Å². The van der Waals surface area contributed by atoms with E-state index in [2.05, 4.69) is 21.5 Å². The van der Waals surface area contributed by atoms with Gasteiger partial charge in [-0.15, -0.1) is 0 Å². The first-order valence-electron chi connectivity index (χ1n) is 6.50. The van der Waals surface area contributed by atoms with Gasteiger partial charge < -0.3 is 25.8 Å². The zero-order valence-electron chi connectivity index (χ0n) is 11.4. The van der Waals surface area contributed by atoms with E-state index in [4.69, 9.17) is 15.6 Å². The van der Waals surface area contributed by atoms with Crippen LogP contribution in [0.1, 0.15) is 12.1 Å². The molecule has 3 rings (SSSR count). The lowest BCUT2D eigenvalue weighted by atomic mass is 10.1. The molecule has 2 aromatic rings. The van der Waals surface area contributed by atoms with Crippen molar-refractivity contribution in [3.05, 3.63) is 22.8 Å². The largest absolute Gasteiger partial charge is 0.394 e. The van der Waals surface area contributed by atoms with Gasteiger partial charge in [0.25, 0.3) is 5.56 Å². The van der Waals surface area contributed by atoms with Crippen LogP contribution in [0.2, 0.25) is 0 Å². The molecule has 3 heterocycles. The summed E-state index contributed by atoms with van der Waals surface area (Å²) in [5.74, 6) is 0.0921. The van der Waals surface area contributed by atoms with E-state index in [1.54, 1.807) is 0 Å². The van der Waals surface area contributed by atoms with Crippen molar-refractivity contribution in [2.75, 3.05) is 12.3 Å². The molecule has 1 aliphatic rings. The molecular formula is C12H15N5O5. The number of aliphatic hydroxyl groups excluding tert-OH is 3. The summed E-state index contributed by atoms with van der Waals surface area (Å²) in [5.41, 5.74) is 5.08. The number of nitrogens with two attached hydrogens (primary N) is 1. The highest BCUT2D eigenvalue weighted by molar-refractivity contribution is 5.73. The van der Waals surface area contributed by atoms with Gasteiger partial charge >= 0.3 is 0 Å². The molecule has 10 nitrogen and oxygen atoms in total. The van der Waals surface area contributed by atoms with Crippen molar-refractivity contribution >= 4 is 23.2 Å². The molecule has 1 fully saturated rings. The van der Waals surface area contributed by atoms with Crippen LogP contribution in [-0.4, -0.2) is 59.8 Å². The predicted molar refractivity (Wildman–Crippen MR) is 75.7 cm³/mol. The van der Waals surface area contributed by atoms with E-state index in [1.807, 2.05) is 0 Å². The minimum absolute atomic E-state index is 0.00170. The number of ether oxygens (including phenoxy) is 1. The molecule has 0 aliphatic carbocycles. The number of hydrogen-bond donors (Lipinski definition) is 5.